The van der Waals surface area contributed by atoms with Crippen molar-refractivity contribution < 1.29 is 4.74 Å². The molecule has 60 valence electrons. The van der Waals surface area contributed by atoms with Crippen molar-refractivity contribution in [2.75, 3.05) is 7.11 Å². The van der Waals surface area contributed by atoms with E-state index in [0.717, 1.165) is 10.2 Å². The molecule has 3 heteroatoms. The summed E-state index contributed by atoms with van der Waals surface area (Å²) in [4.78, 5) is 0. The normalized spacial score (nSPS) is 9.82. The molecule has 0 aromatic heterocycles. The van der Waals surface area contributed by atoms with E-state index in [2.05, 4.69) is 51.5 Å². The smallest absolute Gasteiger partial charge is 0.133 e. The van der Waals surface area contributed by atoms with Gasteiger partial charge in [-0.2, -0.15) is 0 Å². The Labute approximate surface area is 88.4 Å². The minimum atomic E-state index is 0.892. The van der Waals surface area contributed by atoms with Crippen molar-refractivity contribution in [3.8, 4) is 5.75 Å². The number of ether oxygens (including phenoxy) is 1. The van der Waals surface area contributed by atoms with Crippen LogP contribution in [0.15, 0.2) is 16.6 Å². The average Bonchev–Trinajstić information content (AvgIpc) is 1.97. The Hall–Kier alpha value is 0.230. The van der Waals surface area contributed by atoms with Gasteiger partial charge in [0.25, 0.3) is 0 Å². The van der Waals surface area contributed by atoms with E-state index < -0.39 is 0 Å². The van der Waals surface area contributed by atoms with Crippen LogP contribution in [0.2, 0.25) is 0 Å². The SMILES string of the molecule is COc1cc(C)c(I)cc1Br. The van der Waals surface area contributed by atoms with Gasteiger partial charge in [-0.3, -0.25) is 0 Å². The fourth-order valence-corrected chi connectivity index (χ4v) is 2.19. The van der Waals surface area contributed by atoms with Gasteiger partial charge in [-0.05, 0) is 63.1 Å². The van der Waals surface area contributed by atoms with Crippen LogP contribution in [0.5, 0.6) is 5.75 Å². The van der Waals surface area contributed by atoms with Gasteiger partial charge in [-0.1, -0.05) is 0 Å². The second-order valence-electron chi connectivity index (χ2n) is 2.24. The van der Waals surface area contributed by atoms with E-state index in [1.54, 1.807) is 7.11 Å². The first kappa shape index (κ1) is 9.32. The molecule has 0 saturated carbocycles. The standard InChI is InChI=1S/C8H8BrIO/c1-5-3-8(11-2)6(9)4-7(5)10/h3-4H,1-2H3. The van der Waals surface area contributed by atoms with E-state index in [4.69, 9.17) is 4.74 Å². The van der Waals surface area contributed by atoms with E-state index in [1.165, 1.54) is 9.13 Å². The number of aryl methyl sites for hydroxylation is 1. The number of benzene rings is 1. The molecule has 0 spiro atoms. The predicted octanol–water partition coefficient (Wildman–Crippen LogP) is 3.37. The van der Waals surface area contributed by atoms with Gasteiger partial charge in [0.05, 0.1) is 11.6 Å². The van der Waals surface area contributed by atoms with Crippen LogP contribution in [0.25, 0.3) is 0 Å². The molecule has 1 aromatic rings. The van der Waals surface area contributed by atoms with Crippen LogP contribution < -0.4 is 4.74 Å². The van der Waals surface area contributed by atoms with E-state index >= 15 is 0 Å². The molecule has 0 heterocycles. The van der Waals surface area contributed by atoms with Crippen molar-refractivity contribution in [2.24, 2.45) is 0 Å². The van der Waals surface area contributed by atoms with Crippen LogP contribution >= 0.6 is 38.5 Å². The van der Waals surface area contributed by atoms with Crippen molar-refractivity contribution in [3.63, 3.8) is 0 Å². The molecule has 1 nitrogen and oxygen atoms in total. The molecule has 0 bridgehead atoms. The van der Waals surface area contributed by atoms with Crippen molar-refractivity contribution in [3.05, 3.63) is 25.7 Å². The highest BCUT2D eigenvalue weighted by Crippen LogP contribution is 2.28. The van der Waals surface area contributed by atoms with Crippen LogP contribution in [0.1, 0.15) is 5.56 Å². The zero-order chi connectivity index (χ0) is 8.43. The van der Waals surface area contributed by atoms with E-state index in [9.17, 15) is 0 Å². The Bertz CT molecular complexity index is 273. The minimum absolute atomic E-state index is 0.892. The fourth-order valence-electron chi connectivity index (χ4n) is 0.787. The van der Waals surface area contributed by atoms with Gasteiger partial charge in [0.2, 0.25) is 0 Å². The number of hydrogen-bond acceptors (Lipinski definition) is 1. The van der Waals surface area contributed by atoms with E-state index in [0.29, 0.717) is 0 Å². The lowest BCUT2D eigenvalue weighted by Crippen LogP contribution is -1.87. The van der Waals surface area contributed by atoms with Crippen LogP contribution in [0.4, 0.5) is 0 Å². The first-order valence-corrected chi connectivity index (χ1v) is 5.02. The van der Waals surface area contributed by atoms with E-state index in [-0.39, 0.29) is 0 Å². The quantitative estimate of drug-likeness (QED) is 0.719. The second-order valence-corrected chi connectivity index (χ2v) is 4.25. The topological polar surface area (TPSA) is 9.23 Å². The lowest BCUT2D eigenvalue weighted by atomic mass is 10.2. The molecule has 0 radical (unpaired) electrons. The average molecular weight is 327 g/mol. The van der Waals surface area contributed by atoms with Gasteiger partial charge >= 0.3 is 0 Å². The first-order chi connectivity index (χ1) is 5.15. The second kappa shape index (κ2) is 3.76. The zero-order valence-electron chi connectivity index (χ0n) is 6.32. The number of rotatable bonds is 1. The molecule has 1 rings (SSSR count). The predicted molar refractivity (Wildman–Crippen MR) is 58.1 cm³/mol. The summed E-state index contributed by atoms with van der Waals surface area (Å²) in [7, 11) is 1.67. The third kappa shape index (κ3) is 2.08. The summed E-state index contributed by atoms with van der Waals surface area (Å²) >= 11 is 5.71. The molecule has 0 aliphatic rings. The summed E-state index contributed by atoms with van der Waals surface area (Å²) in [6.07, 6.45) is 0. The maximum absolute atomic E-state index is 5.13. The number of methoxy groups -OCH3 is 1. The molecular formula is C8H8BrIO. The van der Waals surface area contributed by atoms with Gasteiger partial charge in [-0.15, -0.1) is 0 Å². The fraction of sp³-hybridized carbons (Fsp3) is 0.250. The van der Waals surface area contributed by atoms with Gasteiger partial charge in [0.1, 0.15) is 5.75 Å². The maximum Gasteiger partial charge on any atom is 0.133 e. The van der Waals surface area contributed by atoms with Crippen LogP contribution in [0.3, 0.4) is 0 Å². The Morgan fingerprint density at radius 3 is 2.64 bits per heavy atom. The summed E-state index contributed by atoms with van der Waals surface area (Å²) in [5.74, 6) is 0.892. The van der Waals surface area contributed by atoms with Crippen LogP contribution in [0, 0.1) is 10.5 Å². The Morgan fingerprint density at radius 2 is 2.09 bits per heavy atom. The Kier molecular flexibility index (Phi) is 3.18. The van der Waals surface area contributed by atoms with Crippen molar-refractivity contribution in [2.45, 2.75) is 6.92 Å². The summed E-state index contributed by atoms with van der Waals surface area (Å²) < 4.78 is 7.39. The summed E-state index contributed by atoms with van der Waals surface area (Å²) in [6.45, 7) is 2.07. The van der Waals surface area contributed by atoms with Crippen LogP contribution in [-0.4, -0.2) is 7.11 Å². The molecule has 1 aromatic carbocycles. The highest BCUT2D eigenvalue weighted by atomic mass is 127. The molecule has 0 atom stereocenters. The molecule has 0 aliphatic carbocycles. The first-order valence-electron chi connectivity index (χ1n) is 3.15. The lowest BCUT2D eigenvalue weighted by Gasteiger charge is -2.05. The van der Waals surface area contributed by atoms with Gasteiger partial charge in [0, 0.05) is 3.57 Å². The largest absolute Gasteiger partial charge is 0.496 e. The molecule has 0 saturated heterocycles. The molecule has 0 fully saturated rings. The zero-order valence-corrected chi connectivity index (χ0v) is 10.1. The molecular weight excluding hydrogens is 319 g/mol. The molecule has 0 unspecified atom stereocenters. The van der Waals surface area contributed by atoms with Gasteiger partial charge < -0.3 is 4.74 Å². The van der Waals surface area contributed by atoms with E-state index in [1.807, 2.05) is 6.07 Å². The van der Waals surface area contributed by atoms with Crippen molar-refractivity contribution in [1.29, 1.82) is 0 Å². The van der Waals surface area contributed by atoms with Gasteiger partial charge in [-0.25, -0.2) is 0 Å². The molecule has 0 aliphatic heterocycles. The van der Waals surface area contributed by atoms with Crippen LogP contribution in [-0.2, 0) is 0 Å². The molecule has 11 heavy (non-hydrogen) atoms. The minimum Gasteiger partial charge on any atom is -0.496 e. The highest BCUT2D eigenvalue weighted by molar-refractivity contribution is 14.1. The summed E-state index contributed by atoms with van der Waals surface area (Å²) in [6, 6.07) is 4.07. The lowest BCUT2D eigenvalue weighted by molar-refractivity contribution is 0.411. The summed E-state index contributed by atoms with van der Waals surface area (Å²) in [5, 5.41) is 0. The van der Waals surface area contributed by atoms with Gasteiger partial charge in [0.15, 0.2) is 0 Å². The summed E-state index contributed by atoms with van der Waals surface area (Å²) in [5.41, 5.74) is 1.24. The molecule has 0 N–H and O–H groups in total. The highest BCUT2D eigenvalue weighted by Gasteiger charge is 2.02. The Morgan fingerprint density at radius 1 is 1.45 bits per heavy atom. The third-order valence-electron chi connectivity index (χ3n) is 1.43. The third-order valence-corrected chi connectivity index (χ3v) is 3.21. The number of hydrogen-bond donors (Lipinski definition) is 0. The number of halogens is 2. The molecule has 0 amide bonds. The Balaban J connectivity index is 3.21. The van der Waals surface area contributed by atoms with Crippen molar-refractivity contribution >= 4 is 38.5 Å². The monoisotopic (exact) mass is 326 g/mol. The van der Waals surface area contributed by atoms with Crippen molar-refractivity contribution in [1.82, 2.24) is 0 Å². The maximum atomic E-state index is 5.13.